The number of hydrogen-bond acceptors (Lipinski definition) is 4. The van der Waals surface area contributed by atoms with Crippen molar-refractivity contribution < 1.29 is 9.53 Å². The van der Waals surface area contributed by atoms with Crippen LogP contribution >= 0.6 is 0 Å². The number of rotatable bonds is 8. The van der Waals surface area contributed by atoms with Crippen LogP contribution in [-0.4, -0.2) is 62.8 Å². The smallest absolute Gasteiger partial charge is 0.234 e. The normalized spacial score (nSPS) is 20.7. The van der Waals surface area contributed by atoms with E-state index in [0.717, 1.165) is 13.1 Å². The van der Waals surface area contributed by atoms with Crippen molar-refractivity contribution in [2.24, 2.45) is 0 Å². The Labute approximate surface area is 117 Å². The van der Waals surface area contributed by atoms with E-state index in [-0.39, 0.29) is 5.91 Å². The van der Waals surface area contributed by atoms with Crippen molar-refractivity contribution in [3.05, 3.63) is 0 Å². The molecule has 1 aliphatic rings. The lowest BCUT2D eigenvalue weighted by Crippen LogP contribution is -2.50. The second-order valence-electron chi connectivity index (χ2n) is 5.53. The average Bonchev–Trinajstić information content (AvgIpc) is 2.38. The Morgan fingerprint density at radius 3 is 2.89 bits per heavy atom. The van der Waals surface area contributed by atoms with Crippen molar-refractivity contribution in [3.8, 4) is 0 Å². The minimum Gasteiger partial charge on any atom is -0.383 e. The number of nitrogens with one attached hydrogen (secondary N) is 2. The van der Waals surface area contributed by atoms with Crippen LogP contribution in [0.5, 0.6) is 0 Å². The van der Waals surface area contributed by atoms with E-state index in [1.54, 1.807) is 7.11 Å². The molecule has 112 valence electrons. The largest absolute Gasteiger partial charge is 0.383 e. The molecule has 0 spiro atoms. The van der Waals surface area contributed by atoms with Crippen LogP contribution < -0.4 is 10.6 Å². The first-order valence-corrected chi connectivity index (χ1v) is 7.36. The van der Waals surface area contributed by atoms with Gasteiger partial charge in [0, 0.05) is 32.3 Å². The molecule has 19 heavy (non-hydrogen) atoms. The standard InChI is InChI=1S/C14H29N3O2/c1-12(2)16-10-13-6-4-5-8-17(13)11-14(18)15-7-9-19-3/h12-13,16H,4-11H2,1-3H3,(H,15,18). The average molecular weight is 271 g/mol. The maximum Gasteiger partial charge on any atom is 0.234 e. The molecule has 1 amide bonds. The summed E-state index contributed by atoms with van der Waals surface area (Å²) in [7, 11) is 1.64. The van der Waals surface area contributed by atoms with Crippen LogP contribution in [0.25, 0.3) is 0 Å². The molecule has 0 bridgehead atoms. The Balaban J connectivity index is 2.32. The van der Waals surface area contributed by atoms with Gasteiger partial charge in [0.25, 0.3) is 0 Å². The van der Waals surface area contributed by atoms with Gasteiger partial charge in [-0.1, -0.05) is 20.3 Å². The SMILES string of the molecule is COCCNC(=O)CN1CCCCC1CNC(C)C. The van der Waals surface area contributed by atoms with Crippen LogP contribution in [-0.2, 0) is 9.53 Å². The molecule has 0 aromatic heterocycles. The number of methoxy groups -OCH3 is 1. The monoisotopic (exact) mass is 271 g/mol. The number of carbonyl (C=O) groups is 1. The number of piperidine rings is 1. The van der Waals surface area contributed by atoms with Crippen molar-refractivity contribution in [3.63, 3.8) is 0 Å². The molecule has 0 radical (unpaired) electrons. The summed E-state index contributed by atoms with van der Waals surface area (Å²) in [6.07, 6.45) is 3.65. The summed E-state index contributed by atoms with van der Waals surface area (Å²) in [5.41, 5.74) is 0. The van der Waals surface area contributed by atoms with Crippen LogP contribution in [0.1, 0.15) is 33.1 Å². The molecule has 1 heterocycles. The lowest BCUT2D eigenvalue weighted by atomic mass is 10.0. The highest BCUT2D eigenvalue weighted by Crippen LogP contribution is 2.16. The number of likely N-dealkylation sites (tertiary alicyclic amines) is 1. The van der Waals surface area contributed by atoms with Crippen molar-refractivity contribution in [1.29, 1.82) is 0 Å². The molecule has 1 atom stereocenters. The maximum atomic E-state index is 11.8. The molecular weight excluding hydrogens is 242 g/mol. The first-order chi connectivity index (χ1) is 9.13. The van der Waals surface area contributed by atoms with Crippen molar-refractivity contribution >= 4 is 5.91 Å². The molecule has 1 fully saturated rings. The number of carbonyl (C=O) groups excluding carboxylic acids is 1. The summed E-state index contributed by atoms with van der Waals surface area (Å²) < 4.78 is 4.93. The molecule has 1 saturated heterocycles. The van der Waals surface area contributed by atoms with Gasteiger partial charge < -0.3 is 15.4 Å². The van der Waals surface area contributed by atoms with Gasteiger partial charge >= 0.3 is 0 Å². The first-order valence-electron chi connectivity index (χ1n) is 7.36. The molecule has 0 aromatic carbocycles. The number of hydrogen-bond donors (Lipinski definition) is 2. The predicted molar refractivity (Wildman–Crippen MR) is 77.2 cm³/mol. The molecule has 5 nitrogen and oxygen atoms in total. The second-order valence-corrected chi connectivity index (χ2v) is 5.53. The summed E-state index contributed by atoms with van der Waals surface area (Å²) >= 11 is 0. The number of amides is 1. The van der Waals surface area contributed by atoms with Gasteiger partial charge in [0.2, 0.25) is 5.91 Å². The molecule has 5 heteroatoms. The second kappa shape index (κ2) is 9.28. The van der Waals surface area contributed by atoms with E-state index < -0.39 is 0 Å². The molecule has 2 N–H and O–H groups in total. The Bertz CT molecular complexity index is 259. The Hall–Kier alpha value is -0.650. The van der Waals surface area contributed by atoms with Gasteiger partial charge in [-0.2, -0.15) is 0 Å². The number of ether oxygens (including phenoxy) is 1. The molecule has 1 rings (SSSR count). The summed E-state index contributed by atoms with van der Waals surface area (Å²) in [6.45, 7) is 8.00. The van der Waals surface area contributed by atoms with E-state index in [9.17, 15) is 4.79 Å². The fourth-order valence-electron chi connectivity index (χ4n) is 2.40. The van der Waals surface area contributed by atoms with Crippen LogP contribution in [0.2, 0.25) is 0 Å². The van der Waals surface area contributed by atoms with Gasteiger partial charge in [-0.05, 0) is 19.4 Å². The lowest BCUT2D eigenvalue weighted by Gasteiger charge is -2.35. The van der Waals surface area contributed by atoms with E-state index in [4.69, 9.17) is 4.74 Å². The van der Waals surface area contributed by atoms with Gasteiger partial charge in [0.05, 0.1) is 13.2 Å². The van der Waals surface area contributed by atoms with Gasteiger partial charge in [0.15, 0.2) is 0 Å². The van der Waals surface area contributed by atoms with Crippen molar-refractivity contribution in [2.75, 3.05) is 39.9 Å². The summed E-state index contributed by atoms with van der Waals surface area (Å²) in [5.74, 6) is 0.105. The van der Waals surface area contributed by atoms with E-state index in [1.165, 1.54) is 19.3 Å². The van der Waals surface area contributed by atoms with E-state index in [1.807, 2.05) is 0 Å². The topological polar surface area (TPSA) is 53.6 Å². The van der Waals surface area contributed by atoms with E-state index in [2.05, 4.69) is 29.4 Å². The van der Waals surface area contributed by atoms with Gasteiger partial charge in [0.1, 0.15) is 0 Å². The third kappa shape index (κ3) is 6.89. The van der Waals surface area contributed by atoms with E-state index >= 15 is 0 Å². The Morgan fingerprint density at radius 1 is 1.42 bits per heavy atom. The van der Waals surface area contributed by atoms with Crippen molar-refractivity contribution in [1.82, 2.24) is 15.5 Å². The summed E-state index contributed by atoms with van der Waals surface area (Å²) in [5, 5.41) is 6.37. The van der Waals surface area contributed by atoms with Crippen LogP contribution in [0.15, 0.2) is 0 Å². The Kier molecular flexibility index (Phi) is 8.02. The molecular formula is C14H29N3O2. The zero-order valence-corrected chi connectivity index (χ0v) is 12.6. The number of nitrogens with zero attached hydrogens (tertiary/aromatic N) is 1. The quantitative estimate of drug-likeness (QED) is 0.635. The predicted octanol–water partition coefficient (Wildman–Crippen LogP) is 0.602. The van der Waals surface area contributed by atoms with Crippen molar-refractivity contribution in [2.45, 2.75) is 45.2 Å². The molecule has 0 aromatic rings. The maximum absolute atomic E-state index is 11.8. The highest BCUT2D eigenvalue weighted by atomic mass is 16.5. The highest BCUT2D eigenvalue weighted by Gasteiger charge is 2.23. The summed E-state index contributed by atoms with van der Waals surface area (Å²) in [6, 6.07) is 0.989. The minimum absolute atomic E-state index is 0.105. The molecule has 0 aliphatic carbocycles. The summed E-state index contributed by atoms with van der Waals surface area (Å²) in [4.78, 5) is 14.1. The molecule has 1 unspecified atom stereocenters. The highest BCUT2D eigenvalue weighted by molar-refractivity contribution is 5.78. The Morgan fingerprint density at radius 2 is 2.21 bits per heavy atom. The van der Waals surface area contributed by atoms with Gasteiger partial charge in [-0.3, -0.25) is 9.69 Å². The zero-order chi connectivity index (χ0) is 14.1. The zero-order valence-electron chi connectivity index (χ0n) is 12.6. The van der Waals surface area contributed by atoms with Gasteiger partial charge in [-0.25, -0.2) is 0 Å². The van der Waals surface area contributed by atoms with E-state index in [0.29, 0.717) is 31.8 Å². The van der Waals surface area contributed by atoms with Crippen LogP contribution in [0.3, 0.4) is 0 Å². The first kappa shape index (κ1) is 16.4. The fourth-order valence-corrected chi connectivity index (χ4v) is 2.40. The third-order valence-electron chi connectivity index (χ3n) is 3.49. The fraction of sp³-hybridized carbons (Fsp3) is 0.929. The molecule has 1 aliphatic heterocycles. The third-order valence-corrected chi connectivity index (χ3v) is 3.49. The minimum atomic E-state index is 0.105. The molecule has 0 saturated carbocycles. The van der Waals surface area contributed by atoms with Crippen LogP contribution in [0.4, 0.5) is 0 Å². The van der Waals surface area contributed by atoms with Gasteiger partial charge in [-0.15, -0.1) is 0 Å². The van der Waals surface area contributed by atoms with Crippen LogP contribution in [0, 0.1) is 0 Å². The lowest BCUT2D eigenvalue weighted by molar-refractivity contribution is -0.123.